The summed E-state index contributed by atoms with van der Waals surface area (Å²) in [6, 6.07) is 0. The normalized spacial score (nSPS) is 9.27. The van der Waals surface area contributed by atoms with E-state index in [1.165, 1.54) is 0 Å². The van der Waals surface area contributed by atoms with E-state index in [4.69, 9.17) is 10.2 Å². The first-order valence-electron chi connectivity index (χ1n) is 4.69. The van der Waals surface area contributed by atoms with Crippen molar-refractivity contribution in [3.05, 3.63) is 24.5 Å². The molecule has 0 radical (unpaired) electrons. The molecule has 2 aromatic rings. The number of hydrogen-bond acceptors (Lipinski definition) is 6. The SMILES string of the molecule is CC.NCc1nnc(-c2cnccn2)o1. The van der Waals surface area contributed by atoms with E-state index < -0.39 is 0 Å². The van der Waals surface area contributed by atoms with Crippen molar-refractivity contribution in [2.24, 2.45) is 5.73 Å². The van der Waals surface area contributed by atoms with Gasteiger partial charge in [-0.1, -0.05) is 13.8 Å². The van der Waals surface area contributed by atoms with Gasteiger partial charge in [-0.15, -0.1) is 10.2 Å². The molecule has 2 heterocycles. The van der Waals surface area contributed by atoms with Crippen LogP contribution in [0.3, 0.4) is 0 Å². The topological polar surface area (TPSA) is 90.7 Å². The Balaban J connectivity index is 0.000000531. The minimum atomic E-state index is 0.229. The second-order valence-electron chi connectivity index (χ2n) is 2.30. The van der Waals surface area contributed by atoms with Gasteiger partial charge in [-0.2, -0.15) is 0 Å². The maximum atomic E-state index is 5.31. The lowest BCUT2D eigenvalue weighted by molar-refractivity contribution is 0.507. The Kier molecular flexibility index (Phi) is 4.36. The van der Waals surface area contributed by atoms with Gasteiger partial charge in [0.2, 0.25) is 5.89 Å². The lowest BCUT2D eigenvalue weighted by Gasteiger charge is -1.89. The zero-order chi connectivity index (χ0) is 11.1. The third-order valence-corrected chi connectivity index (χ3v) is 1.42. The lowest BCUT2D eigenvalue weighted by Crippen LogP contribution is -1.95. The molecule has 0 amide bonds. The second kappa shape index (κ2) is 5.82. The van der Waals surface area contributed by atoms with Gasteiger partial charge in [0.05, 0.1) is 12.7 Å². The van der Waals surface area contributed by atoms with Crippen molar-refractivity contribution in [3.63, 3.8) is 0 Å². The van der Waals surface area contributed by atoms with E-state index in [1.54, 1.807) is 18.6 Å². The van der Waals surface area contributed by atoms with Crippen LogP contribution in [0, 0.1) is 0 Å². The summed E-state index contributed by atoms with van der Waals surface area (Å²) in [4.78, 5) is 7.87. The Hall–Kier alpha value is -1.82. The molecule has 15 heavy (non-hydrogen) atoms. The van der Waals surface area contributed by atoms with Crippen molar-refractivity contribution < 1.29 is 4.42 Å². The summed E-state index contributed by atoms with van der Waals surface area (Å²) in [6.45, 7) is 4.23. The predicted molar refractivity (Wildman–Crippen MR) is 54.6 cm³/mol. The fourth-order valence-electron chi connectivity index (χ4n) is 0.849. The molecule has 0 spiro atoms. The molecule has 0 saturated heterocycles. The predicted octanol–water partition coefficient (Wildman–Crippen LogP) is 1.01. The van der Waals surface area contributed by atoms with Crippen LogP contribution < -0.4 is 5.73 Å². The van der Waals surface area contributed by atoms with Crippen LogP contribution in [0.1, 0.15) is 19.7 Å². The van der Waals surface area contributed by atoms with Gasteiger partial charge in [0.25, 0.3) is 5.89 Å². The monoisotopic (exact) mass is 207 g/mol. The van der Waals surface area contributed by atoms with E-state index in [0.29, 0.717) is 17.5 Å². The molecule has 6 heteroatoms. The summed E-state index contributed by atoms with van der Waals surface area (Å²) in [7, 11) is 0. The Morgan fingerprint density at radius 1 is 1.27 bits per heavy atom. The quantitative estimate of drug-likeness (QED) is 0.790. The fourth-order valence-corrected chi connectivity index (χ4v) is 0.849. The maximum Gasteiger partial charge on any atom is 0.267 e. The molecular weight excluding hydrogens is 194 g/mol. The molecule has 0 aliphatic carbocycles. The van der Waals surface area contributed by atoms with Crippen LogP contribution in [0.2, 0.25) is 0 Å². The molecule has 80 valence electrons. The Bertz CT molecular complexity index is 386. The van der Waals surface area contributed by atoms with Gasteiger partial charge in [0, 0.05) is 12.4 Å². The van der Waals surface area contributed by atoms with Gasteiger partial charge >= 0.3 is 0 Å². The zero-order valence-electron chi connectivity index (χ0n) is 8.71. The molecule has 2 N–H and O–H groups in total. The summed E-state index contributed by atoms with van der Waals surface area (Å²) < 4.78 is 5.17. The van der Waals surface area contributed by atoms with Gasteiger partial charge in [0.1, 0.15) is 5.69 Å². The van der Waals surface area contributed by atoms with Crippen LogP contribution in [0.25, 0.3) is 11.6 Å². The molecule has 0 fully saturated rings. The van der Waals surface area contributed by atoms with Crippen LogP contribution in [0.4, 0.5) is 0 Å². The molecule has 0 aliphatic heterocycles. The Labute approximate surface area is 87.6 Å². The van der Waals surface area contributed by atoms with Crippen LogP contribution in [0.5, 0.6) is 0 Å². The Morgan fingerprint density at radius 2 is 2.07 bits per heavy atom. The molecule has 0 unspecified atom stereocenters. The van der Waals surface area contributed by atoms with Crippen LogP contribution in [0.15, 0.2) is 23.0 Å². The van der Waals surface area contributed by atoms with Gasteiger partial charge in [0.15, 0.2) is 0 Å². The van der Waals surface area contributed by atoms with Gasteiger partial charge in [-0.3, -0.25) is 4.98 Å². The number of aromatic nitrogens is 4. The molecule has 6 nitrogen and oxygen atoms in total. The number of hydrogen-bond donors (Lipinski definition) is 1. The van der Waals surface area contributed by atoms with Crippen LogP contribution in [-0.2, 0) is 6.54 Å². The highest BCUT2D eigenvalue weighted by Crippen LogP contribution is 2.12. The maximum absolute atomic E-state index is 5.31. The van der Waals surface area contributed by atoms with E-state index in [9.17, 15) is 0 Å². The molecule has 0 atom stereocenters. The largest absolute Gasteiger partial charge is 0.418 e. The molecule has 0 bridgehead atoms. The van der Waals surface area contributed by atoms with Crippen LogP contribution in [-0.4, -0.2) is 20.2 Å². The van der Waals surface area contributed by atoms with Crippen molar-refractivity contribution >= 4 is 0 Å². The minimum absolute atomic E-state index is 0.229. The first-order valence-corrected chi connectivity index (χ1v) is 4.69. The van der Waals surface area contributed by atoms with Gasteiger partial charge < -0.3 is 10.2 Å². The lowest BCUT2D eigenvalue weighted by atomic mass is 10.4. The third-order valence-electron chi connectivity index (χ3n) is 1.42. The summed E-state index contributed by atoms with van der Waals surface area (Å²) in [5.74, 6) is 0.731. The summed E-state index contributed by atoms with van der Waals surface area (Å²) >= 11 is 0. The van der Waals surface area contributed by atoms with E-state index >= 15 is 0 Å². The second-order valence-corrected chi connectivity index (χ2v) is 2.30. The molecule has 2 rings (SSSR count). The summed E-state index contributed by atoms with van der Waals surface area (Å²) in [5.41, 5.74) is 5.86. The average molecular weight is 207 g/mol. The first kappa shape index (κ1) is 11.3. The van der Waals surface area contributed by atoms with E-state index in [-0.39, 0.29) is 6.54 Å². The minimum Gasteiger partial charge on any atom is -0.418 e. The van der Waals surface area contributed by atoms with Crippen LogP contribution >= 0.6 is 0 Å². The third kappa shape index (κ3) is 2.81. The van der Waals surface area contributed by atoms with Crippen molar-refractivity contribution in [3.8, 4) is 11.6 Å². The van der Waals surface area contributed by atoms with E-state index in [2.05, 4.69) is 20.2 Å². The van der Waals surface area contributed by atoms with Crippen molar-refractivity contribution in [2.45, 2.75) is 20.4 Å². The highest BCUT2D eigenvalue weighted by molar-refractivity contribution is 5.42. The van der Waals surface area contributed by atoms with Crippen molar-refractivity contribution in [2.75, 3.05) is 0 Å². The van der Waals surface area contributed by atoms with E-state index in [0.717, 1.165) is 0 Å². The van der Waals surface area contributed by atoms with Gasteiger partial charge in [-0.05, 0) is 0 Å². The van der Waals surface area contributed by atoms with Crippen molar-refractivity contribution in [1.82, 2.24) is 20.2 Å². The highest BCUT2D eigenvalue weighted by Gasteiger charge is 2.07. The summed E-state index contributed by atoms with van der Waals surface area (Å²) in [6.07, 6.45) is 4.68. The molecule has 2 aromatic heterocycles. The number of rotatable bonds is 2. The standard InChI is InChI=1S/C7H7N5O.C2H6/c8-3-6-11-12-7(13-6)5-4-9-1-2-10-5;1-2/h1-2,4H,3,8H2;1-2H3. The molecule has 0 aliphatic rings. The smallest absolute Gasteiger partial charge is 0.267 e. The first-order chi connectivity index (χ1) is 7.40. The van der Waals surface area contributed by atoms with Crippen molar-refractivity contribution in [1.29, 1.82) is 0 Å². The highest BCUT2D eigenvalue weighted by atomic mass is 16.4. The van der Waals surface area contributed by atoms with Gasteiger partial charge in [-0.25, -0.2) is 4.98 Å². The molecule has 0 saturated carbocycles. The fraction of sp³-hybridized carbons (Fsp3) is 0.333. The van der Waals surface area contributed by atoms with E-state index in [1.807, 2.05) is 13.8 Å². The molecule has 0 aromatic carbocycles. The summed E-state index contributed by atoms with van der Waals surface area (Å²) in [5, 5.41) is 7.46. The molecular formula is C9H13N5O. The Morgan fingerprint density at radius 3 is 2.60 bits per heavy atom. The number of nitrogens with zero attached hydrogens (tertiary/aromatic N) is 4. The zero-order valence-corrected chi connectivity index (χ0v) is 8.71. The average Bonchev–Trinajstić information content (AvgIpc) is 2.81. The number of nitrogens with two attached hydrogens (primary N) is 1.